The molecule has 1 heterocycles. The van der Waals surface area contributed by atoms with E-state index in [9.17, 15) is 14.4 Å². The van der Waals surface area contributed by atoms with Crippen molar-refractivity contribution in [3.63, 3.8) is 0 Å². The largest absolute Gasteiger partial charge is 0.455 e. The topological polar surface area (TPSA) is 88.4 Å². The fourth-order valence-corrected chi connectivity index (χ4v) is 3.30. The third-order valence-corrected chi connectivity index (χ3v) is 5.08. The molecule has 6 heteroatoms. The first-order valence-corrected chi connectivity index (χ1v) is 9.74. The van der Waals surface area contributed by atoms with Crippen LogP contribution in [-0.2, 0) is 4.79 Å². The summed E-state index contributed by atoms with van der Waals surface area (Å²) in [6.45, 7) is 2.39. The molecule has 0 bridgehead atoms. The van der Waals surface area contributed by atoms with Gasteiger partial charge in [0.05, 0.1) is 10.9 Å². The Morgan fingerprint density at radius 2 is 1.72 bits per heavy atom. The van der Waals surface area contributed by atoms with Crippen LogP contribution in [0.25, 0.3) is 22.3 Å². The van der Waals surface area contributed by atoms with Gasteiger partial charge in [0.15, 0.2) is 11.0 Å². The van der Waals surface area contributed by atoms with Crippen LogP contribution in [-0.4, -0.2) is 24.9 Å². The van der Waals surface area contributed by atoms with Gasteiger partial charge in [-0.05, 0) is 31.9 Å². The molecule has 1 aromatic heterocycles. The minimum atomic E-state index is -0.345. The van der Waals surface area contributed by atoms with Gasteiger partial charge in [-0.1, -0.05) is 36.4 Å². The van der Waals surface area contributed by atoms with Crippen molar-refractivity contribution in [3.05, 3.63) is 69.9 Å². The van der Waals surface area contributed by atoms with Crippen LogP contribution in [0.15, 0.2) is 57.7 Å². The third-order valence-electron chi connectivity index (χ3n) is 5.08. The molecule has 1 fully saturated rings. The normalized spacial score (nSPS) is 13.3. The first-order valence-electron chi connectivity index (χ1n) is 9.74. The summed E-state index contributed by atoms with van der Waals surface area (Å²) < 4.78 is 6.07. The van der Waals surface area contributed by atoms with E-state index < -0.39 is 0 Å². The molecule has 3 aromatic rings. The second-order valence-corrected chi connectivity index (χ2v) is 7.25. The van der Waals surface area contributed by atoms with Gasteiger partial charge in [-0.15, -0.1) is 0 Å². The van der Waals surface area contributed by atoms with Crippen LogP contribution >= 0.6 is 0 Å². The van der Waals surface area contributed by atoms with E-state index >= 15 is 0 Å². The Labute approximate surface area is 167 Å². The summed E-state index contributed by atoms with van der Waals surface area (Å²) in [7, 11) is 0. The maximum Gasteiger partial charge on any atom is 0.255 e. The summed E-state index contributed by atoms with van der Waals surface area (Å²) in [5.74, 6) is 0.290. The van der Waals surface area contributed by atoms with Gasteiger partial charge in [-0.2, -0.15) is 0 Å². The molecule has 1 saturated carbocycles. The van der Waals surface area contributed by atoms with Gasteiger partial charge in [0.1, 0.15) is 5.76 Å². The smallest absolute Gasteiger partial charge is 0.255 e. The van der Waals surface area contributed by atoms with Crippen LogP contribution in [0.2, 0.25) is 0 Å². The second-order valence-electron chi connectivity index (χ2n) is 7.25. The summed E-state index contributed by atoms with van der Waals surface area (Å²) in [4.78, 5) is 37.2. The number of rotatable bonds is 6. The Morgan fingerprint density at radius 3 is 2.45 bits per heavy atom. The molecule has 0 unspecified atom stereocenters. The number of nitrogens with one attached hydrogen (secondary N) is 2. The Hall–Kier alpha value is -3.41. The van der Waals surface area contributed by atoms with Crippen molar-refractivity contribution in [2.75, 3.05) is 13.1 Å². The zero-order valence-corrected chi connectivity index (χ0v) is 16.2. The summed E-state index contributed by atoms with van der Waals surface area (Å²) >= 11 is 0. The van der Waals surface area contributed by atoms with E-state index in [1.54, 1.807) is 25.1 Å². The van der Waals surface area contributed by atoms with E-state index in [1.807, 2.05) is 30.3 Å². The van der Waals surface area contributed by atoms with E-state index in [2.05, 4.69) is 10.6 Å². The zero-order chi connectivity index (χ0) is 20.4. The number of para-hydroxylation sites is 1. The summed E-state index contributed by atoms with van der Waals surface area (Å²) in [6, 6.07) is 14.3. The van der Waals surface area contributed by atoms with Crippen molar-refractivity contribution >= 4 is 22.8 Å². The van der Waals surface area contributed by atoms with Gasteiger partial charge in [0.25, 0.3) is 5.91 Å². The maximum atomic E-state index is 12.9. The van der Waals surface area contributed by atoms with Crippen molar-refractivity contribution in [3.8, 4) is 11.3 Å². The molecule has 0 aliphatic heterocycles. The molecule has 1 aliphatic carbocycles. The van der Waals surface area contributed by atoms with Crippen LogP contribution in [0.1, 0.15) is 28.8 Å². The highest BCUT2D eigenvalue weighted by Gasteiger charge is 2.29. The van der Waals surface area contributed by atoms with Crippen molar-refractivity contribution in [1.82, 2.24) is 10.6 Å². The third kappa shape index (κ3) is 3.92. The predicted octanol–water partition coefficient (Wildman–Crippen LogP) is 3.02. The molecule has 4 rings (SSSR count). The number of hydrogen-bond donors (Lipinski definition) is 2. The average molecular weight is 390 g/mol. The predicted molar refractivity (Wildman–Crippen MR) is 111 cm³/mol. The quantitative estimate of drug-likeness (QED) is 0.633. The van der Waals surface area contributed by atoms with E-state index in [0.29, 0.717) is 35.4 Å². The molecule has 2 N–H and O–H groups in total. The van der Waals surface area contributed by atoms with Crippen molar-refractivity contribution in [1.29, 1.82) is 0 Å². The Kier molecular flexibility index (Phi) is 5.16. The SMILES string of the molecule is Cc1c(-c2ccccc2)oc2c(C(=O)NCCNC(=O)C3CC3)cccc2c1=O. The van der Waals surface area contributed by atoms with Gasteiger partial charge in [0.2, 0.25) is 5.91 Å². The minimum Gasteiger partial charge on any atom is -0.455 e. The van der Waals surface area contributed by atoms with Crippen LogP contribution < -0.4 is 16.1 Å². The highest BCUT2D eigenvalue weighted by Crippen LogP contribution is 2.29. The molecule has 0 saturated heterocycles. The van der Waals surface area contributed by atoms with Gasteiger partial charge < -0.3 is 15.1 Å². The first kappa shape index (κ1) is 18.9. The number of carbonyl (C=O) groups is 2. The molecular weight excluding hydrogens is 368 g/mol. The molecule has 0 spiro atoms. The van der Waals surface area contributed by atoms with Crippen LogP contribution in [0.4, 0.5) is 0 Å². The molecular formula is C23H22N2O4. The number of hydrogen-bond acceptors (Lipinski definition) is 4. The lowest BCUT2D eigenvalue weighted by Crippen LogP contribution is -2.35. The molecule has 0 atom stereocenters. The maximum absolute atomic E-state index is 12.9. The molecule has 29 heavy (non-hydrogen) atoms. The molecule has 1 aliphatic rings. The fraction of sp³-hybridized carbons (Fsp3) is 0.261. The van der Waals surface area contributed by atoms with Crippen LogP contribution in [0.3, 0.4) is 0 Å². The highest BCUT2D eigenvalue weighted by molar-refractivity contribution is 6.05. The van der Waals surface area contributed by atoms with Gasteiger partial charge in [-0.3, -0.25) is 14.4 Å². The van der Waals surface area contributed by atoms with Crippen molar-refractivity contribution in [2.24, 2.45) is 5.92 Å². The summed E-state index contributed by atoms with van der Waals surface area (Å²) in [5, 5.41) is 5.96. The lowest BCUT2D eigenvalue weighted by Gasteiger charge is -2.11. The van der Waals surface area contributed by atoms with Crippen molar-refractivity contribution < 1.29 is 14.0 Å². The van der Waals surface area contributed by atoms with Crippen LogP contribution in [0.5, 0.6) is 0 Å². The lowest BCUT2D eigenvalue weighted by molar-refractivity contribution is -0.122. The molecule has 0 radical (unpaired) electrons. The Balaban J connectivity index is 1.60. The molecule has 2 amide bonds. The molecule has 2 aromatic carbocycles. The standard InChI is InChI=1S/C23H22N2O4/c1-14-19(26)17-8-5-9-18(21(17)29-20(14)15-6-3-2-4-7-15)23(28)25-13-12-24-22(27)16-10-11-16/h2-9,16H,10-13H2,1H3,(H,24,27)(H,25,28). The number of amides is 2. The van der Waals surface area contributed by atoms with Gasteiger partial charge >= 0.3 is 0 Å². The van der Waals surface area contributed by atoms with Crippen molar-refractivity contribution in [2.45, 2.75) is 19.8 Å². The fourth-order valence-electron chi connectivity index (χ4n) is 3.30. The monoisotopic (exact) mass is 390 g/mol. The number of carbonyl (C=O) groups excluding carboxylic acids is 2. The minimum absolute atomic E-state index is 0.0402. The summed E-state index contributed by atoms with van der Waals surface area (Å²) in [6.07, 6.45) is 1.88. The number of fused-ring (bicyclic) bond motifs is 1. The van der Waals surface area contributed by atoms with E-state index in [0.717, 1.165) is 18.4 Å². The van der Waals surface area contributed by atoms with Gasteiger partial charge in [0, 0.05) is 30.1 Å². The Bertz CT molecular complexity index is 1130. The zero-order valence-electron chi connectivity index (χ0n) is 16.2. The molecule has 148 valence electrons. The van der Waals surface area contributed by atoms with E-state index in [-0.39, 0.29) is 28.7 Å². The second kappa shape index (κ2) is 7.91. The first-order chi connectivity index (χ1) is 14.1. The van der Waals surface area contributed by atoms with E-state index in [1.165, 1.54) is 0 Å². The number of benzene rings is 2. The Morgan fingerprint density at radius 1 is 1.00 bits per heavy atom. The highest BCUT2D eigenvalue weighted by atomic mass is 16.3. The average Bonchev–Trinajstić information content (AvgIpc) is 3.59. The summed E-state index contributed by atoms with van der Waals surface area (Å²) in [5.41, 5.74) is 1.69. The lowest BCUT2D eigenvalue weighted by atomic mass is 10.0. The van der Waals surface area contributed by atoms with Gasteiger partial charge in [-0.25, -0.2) is 0 Å². The van der Waals surface area contributed by atoms with Crippen LogP contribution in [0, 0.1) is 12.8 Å². The molecule has 6 nitrogen and oxygen atoms in total. The van der Waals surface area contributed by atoms with E-state index in [4.69, 9.17) is 4.42 Å².